The summed E-state index contributed by atoms with van der Waals surface area (Å²) in [6.07, 6.45) is 0.198. The Bertz CT molecular complexity index is 848. The van der Waals surface area contributed by atoms with E-state index in [1.54, 1.807) is 24.3 Å². The van der Waals surface area contributed by atoms with Crippen LogP contribution in [0.2, 0.25) is 0 Å². The fraction of sp³-hybridized carbons (Fsp3) is 0.278. The average Bonchev–Trinajstić information content (AvgIpc) is 3.14. The molecule has 4 N–H and O–H groups in total. The maximum Gasteiger partial charge on any atom is 0.258 e. The number of amides is 3. The van der Waals surface area contributed by atoms with E-state index in [0.717, 1.165) is 11.1 Å². The van der Waals surface area contributed by atoms with Crippen LogP contribution in [-0.4, -0.2) is 53.5 Å². The van der Waals surface area contributed by atoms with Crippen molar-refractivity contribution in [1.82, 2.24) is 10.2 Å². The van der Waals surface area contributed by atoms with Gasteiger partial charge in [0.15, 0.2) is 0 Å². The third-order valence-electron chi connectivity index (χ3n) is 4.28. The van der Waals surface area contributed by atoms with E-state index in [1.807, 2.05) is 11.4 Å². The second-order valence-electron chi connectivity index (χ2n) is 5.96. The first-order chi connectivity index (χ1) is 12.5. The van der Waals surface area contributed by atoms with Crippen molar-refractivity contribution in [2.45, 2.75) is 12.5 Å². The zero-order valence-electron chi connectivity index (χ0n) is 14.0. The minimum absolute atomic E-state index is 0.174. The van der Waals surface area contributed by atoms with Crippen molar-refractivity contribution in [2.75, 3.05) is 19.7 Å². The number of nitrogens with one attached hydrogen (secondary N) is 1. The molecule has 3 amide bonds. The van der Waals surface area contributed by atoms with Gasteiger partial charge in [-0.1, -0.05) is 12.1 Å². The summed E-state index contributed by atoms with van der Waals surface area (Å²) in [5, 5.41) is 13.7. The fourth-order valence-corrected chi connectivity index (χ4v) is 3.75. The highest BCUT2D eigenvalue weighted by molar-refractivity contribution is 7.12. The van der Waals surface area contributed by atoms with Crippen LogP contribution in [0.1, 0.15) is 26.5 Å². The van der Waals surface area contributed by atoms with E-state index in [9.17, 15) is 19.5 Å². The summed E-state index contributed by atoms with van der Waals surface area (Å²) in [4.78, 5) is 38.2. The predicted molar refractivity (Wildman–Crippen MR) is 97.8 cm³/mol. The maximum absolute atomic E-state index is 12.9. The molecule has 0 saturated carbocycles. The van der Waals surface area contributed by atoms with E-state index in [2.05, 4.69) is 5.32 Å². The Morgan fingerprint density at radius 3 is 2.81 bits per heavy atom. The Labute approximate surface area is 154 Å². The number of hydrogen-bond acceptors (Lipinski definition) is 5. The Morgan fingerprint density at radius 1 is 1.31 bits per heavy atom. The molecular formula is C18H19N3O4S. The van der Waals surface area contributed by atoms with E-state index in [0.29, 0.717) is 23.5 Å². The Balaban J connectivity index is 1.87. The molecule has 2 aromatic rings. The quantitative estimate of drug-likeness (QED) is 0.721. The number of aliphatic hydroxyl groups excluding tert-OH is 1. The molecule has 26 heavy (non-hydrogen) atoms. The second kappa shape index (κ2) is 7.67. The number of carbonyl (C=O) groups excluding carboxylic acids is 3. The van der Waals surface area contributed by atoms with Crippen molar-refractivity contribution < 1.29 is 19.5 Å². The summed E-state index contributed by atoms with van der Waals surface area (Å²) in [6.45, 7) is 0.606. The molecule has 0 radical (unpaired) electrons. The van der Waals surface area contributed by atoms with Gasteiger partial charge in [0.1, 0.15) is 6.04 Å². The van der Waals surface area contributed by atoms with Crippen LogP contribution in [0.3, 0.4) is 0 Å². The molecule has 1 fully saturated rings. The van der Waals surface area contributed by atoms with Gasteiger partial charge in [0, 0.05) is 25.3 Å². The standard InChI is InChI=1S/C18H19N3O4S/c19-16(23)15-9-13(10-26-15)11-2-1-3-12(8-11)18(25)21-6-5-20-17(24)14(21)4-7-22/h1-3,8-10,14,22H,4-7H2,(H2,19,23)(H,20,24)/t14-/m1/s1. The molecule has 1 aromatic carbocycles. The van der Waals surface area contributed by atoms with Crippen molar-refractivity contribution in [3.05, 3.63) is 46.2 Å². The van der Waals surface area contributed by atoms with Gasteiger partial charge in [0.05, 0.1) is 4.88 Å². The average molecular weight is 373 g/mol. The molecule has 3 rings (SSSR count). The number of thiophene rings is 1. The summed E-state index contributed by atoms with van der Waals surface area (Å²) in [5.41, 5.74) is 7.34. The van der Waals surface area contributed by atoms with E-state index < -0.39 is 11.9 Å². The van der Waals surface area contributed by atoms with Gasteiger partial charge in [-0.05, 0) is 41.1 Å². The molecule has 1 saturated heterocycles. The van der Waals surface area contributed by atoms with Gasteiger partial charge in [-0.3, -0.25) is 14.4 Å². The largest absolute Gasteiger partial charge is 0.396 e. The third kappa shape index (κ3) is 3.61. The van der Waals surface area contributed by atoms with Crippen LogP contribution < -0.4 is 11.1 Å². The summed E-state index contributed by atoms with van der Waals surface area (Å²) in [5.74, 6) is -0.996. The first kappa shape index (κ1) is 18.1. The number of nitrogens with two attached hydrogens (primary N) is 1. The lowest BCUT2D eigenvalue weighted by molar-refractivity contribution is -0.128. The number of piperazine rings is 1. The highest BCUT2D eigenvalue weighted by atomic mass is 32.1. The summed E-state index contributed by atoms with van der Waals surface area (Å²) < 4.78 is 0. The van der Waals surface area contributed by atoms with Crippen LogP contribution in [0.4, 0.5) is 0 Å². The summed E-state index contributed by atoms with van der Waals surface area (Å²) in [6, 6.07) is 8.05. The lowest BCUT2D eigenvalue weighted by Crippen LogP contribution is -2.57. The molecule has 0 unspecified atom stereocenters. The number of nitrogens with zero attached hydrogens (tertiary/aromatic N) is 1. The molecule has 1 atom stereocenters. The molecule has 0 aliphatic carbocycles. The van der Waals surface area contributed by atoms with Gasteiger partial charge in [-0.15, -0.1) is 11.3 Å². The van der Waals surface area contributed by atoms with Gasteiger partial charge in [0.25, 0.3) is 11.8 Å². The van der Waals surface area contributed by atoms with Gasteiger partial charge >= 0.3 is 0 Å². The van der Waals surface area contributed by atoms with Crippen LogP contribution in [0, 0.1) is 0 Å². The minimum atomic E-state index is -0.674. The molecule has 8 heteroatoms. The number of hydrogen-bond donors (Lipinski definition) is 3. The highest BCUT2D eigenvalue weighted by Crippen LogP contribution is 2.27. The third-order valence-corrected chi connectivity index (χ3v) is 5.22. The number of carbonyl (C=O) groups is 3. The van der Waals surface area contributed by atoms with Crippen molar-refractivity contribution in [1.29, 1.82) is 0 Å². The number of primary amides is 1. The van der Waals surface area contributed by atoms with Crippen LogP contribution in [0.15, 0.2) is 35.7 Å². The van der Waals surface area contributed by atoms with Crippen LogP contribution >= 0.6 is 11.3 Å². The number of rotatable bonds is 5. The number of benzene rings is 1. The molecule has 1 aliphatic rings. The lowest BCUT2D eigenvalue weighted by atomic mass is 10.0. The zero-order chi connectivity index (χ0) is 18.7. The first-order valence-electron chi connectivity index (χ1n) is 8.19. The van der Waals surface area contributed by atoms with E-state index >= 15 is 0 Å². The monoisotopic (exact) mass is 373 g/mol. The van der Waals surface area contributed by atoms with Crippen molar-refractivity contribution in [2.24, 2.45) is 5.73 Å². The van der Waals surface area contributed by atoms with Gasteiger partial charge < -0.3 is 21.1 Å². The van der Waals surface area contributed by atoms with Crippen LogP contribution in [0.25, 0.3) is 11.1 Å². The van der Waals surface area contributed by atoms with E-state index in [4.69, 9.17) is 5.73 Å². The minimum Gasteiger partial charge on any atom is -0.396 e. The molecule has 1 aliphatic heterocycles. The van der Waals surface area contributed by atoms with E-state index in [1.165, 1.54) is 16.2 Å². The summed E-state index contributed by atoms with van der Waals surface area (Å²) in [7, 11) is 0. The highest BCUT2D eigenvalue weighted by Gasteiger charge is 2.33. The Morgan fingerprint density at radius 2 is 2.12 bits per heavy atom. The second-order valence-corrected chi connectivity index (χ2v) is 6.87. The van der Waals surface area contributed by atoms with Crippen molar-refractivity contribution in [3.63, 3.8) is 0 Å². The Kier molecular flexibility index (Phi) is 5.34. The maximum atomic E-state index is 12.9. The molecule has 0 spiro atoms. The molecule has 136 valence electrons. The normalized spacial score (nSPS) is 17.0. The SMILES string of the molecule is NC(=O)c1cc(-c2cccc(C(=O)N3CCNC(=O)[C@H]3CCO)c2)cs1. The van der Waals surface area contributed by atoms with Crippen LogP contribution in [0.5, 0.6) is 0 Å². The predicted octanol–water partition coefficient (Wildman–Crippen LogP) is 0.837. The molecule has 7 nitrogen and oxygen atoms in total. The van der Waals surface area contributed by atoms with E-state index in [-0.39, 0.29) is 24.8 Å². The Hall–Kier alpha value is -2.71. The first-order valence-corrected chi connectivity index (χ1v) is 9.07. The topological polar surface area (TPSA) is 113 Å². The lowest BCUT2D eigenvalue weighted by Gasteiger charge is -2.34. The van der Waals surface area contributed by atoms with Gasteiger partial charge in [-0.2, -0.15) is 0 Å². The molecular weight excluding hydrogens is 354 g/mol. The fourth-order valence-electron chi connectivity index (χ4n) is 2.98. The molecule has 0 bridgehead atoms. The number of aliphatic hydroxyl groups is 1. The van der Waals surface area contributed by atoms with Crippen LogP contribution in [-0.2, 0) is 4.79 Å². The molecule has 1 aromatic heterocycles. The van der Waals surface area contributed by atoms with Gasteiger partial charge in [-0.25, -0.2) is 0 Å². The van der Waals surface area contributed by atoms with Gasteiger partial charge in [0.2, 0.25) is 5.91 Å². The zero-order valence-corrected chi connectivity index (χ0v) is 14.8. The van der Waals surface area contributed by atoms with Crippen molar-refractivity contribution >= 4 is 29.1 Å². The van der Waals surface area contributed by atoms with Crippen molar-refractivity contribution in [3.8, 4) is 11.1 Å². The summed E-state index contributed by atoms with van der Waals surface area (Å²) >= 11 is 1.25. The smallest absolute Gasteiger partial charge is 0.258 e. The molecule has 2 heterocycles.